The normalized spacial score (nSPS) is 16.4. The maximum atomic E-state index is 13.3. The molecule has 0 radical (unpaired) electrons. The number of carbonyl (C=O) groups excluding carboxylic acids is 1. The topological polar surface area (TPSA) is 42.8 Å². The fourth-order valence-electron chi connectivity index (χ4n) is 3.07. The van der Waals surface area contributed by atoms with E-state index in [4.69, 9.17) is 16.3 Å². The molecule has 2 N–H and O–H groups in total. The Morgan fingerprint density at radius 3 is 2.40 bits per heavy atom. The second-order valence-electron chi connectivity index (χ2n) is 6.09. The number of hydrogen-bond acceptors (Lipinski definition) is 2. The zero-order valence-electron chi connectivity index (χ0n) is 13.8. The van der Waals surface area contributed by atoms with Gasteiger partial charge in [0.1, 0.15) is 24.9 Å². The lowest BCUT2D eigenvalue weighted by atomic mass is 10.0. The molecule has 3 rings (SSSR count). The van der Waals surface area contributed by atoms with Crippen molar-refractivity contribution in [3.8, 4) is 0 Å². The minimum absolute atomic E-state index is 0.0563. The van der Waals surface area contributed by atoms with Crippen LogP contribution in [0, 0.1) is 5.82 Å². The SMILES string of the molecule is O=C(NC[C@H](c1ccc(F)cc1)[NH+]1CCOCC1)c1ccc(Cl)cc1. The Kier molecular flexibility index (Phi) is 6.02. The van der Waals surface area contributed by atoms with Gasteiger partial charge in [0.2, 0.25) is 0 Å². The number of morpholine rings is 1. The van der Waals surface area contributed by atoms with Crippen molar-refractivity contribution in [2.45, 2.75) is 6.04 Å². The van der Waals surface area contributed by atoms with Crippen molar-refractivity contribution >= 4 is 17.5 Å². The maximum Gasteiger partial charge on any atom is 0.251 e. The van der Waals surface area contributed by atoms with Crippen molar-refractivity contribution in [1.29, 1.82) is 0 Å². The van der Waals surface area contributed by atoms with Crippen LogP contribution in [0.4, 0.5) is 4.39 Å². The fourth-order valence-corrected chi connectivity index (χ4v) is 3.20. The van der Waals surface area contributed by atoms with Gasteiger partial charge in [0.05, 0.1) is 19.8 Å². The molecule has 0 spiro atoms. The average Bonchev–Trinajstić information content (AvgIpc) is 2.64. The summed E-state index contributed by atoms with van der Waals surface area (Å²) in [4.78, 5) is 13.7. The number of nitrogens with one attached hydrogen (secondary N) is 2. The first-order valence-electron chi connectivity index (χ1n) is 8.35. The van der Waals surface area contributed by atoms with E-state index in [1.807, 2.05) is 0 Å². The van der Waals surface area contributed by atoms with Crippen molar-refractivity contribution < 1.29 is 18.8 Å². The van der Waals surface area contributed by atoms with Gasteiger partial charge in [-0.05, 0) is 36.4 Å². The predicted molar refractivity (Wildman–Crippen MR) is 94.4 cm³/mol. The molecule has 132 valence electrons. The van der Waals surface area contributed by atoms with Gasteiger partial charge in [-0.1, -0.05) is 23.7 Å². The molecule has 0 saturated carbocycles. The Hall–Kier alpha value is -1.95. The van der Waals surface area contributed by atoms with Gasteiger partial charge >= 0.3 is 0 Å². The molecule has 1 aliphatic heterocycles. The zero-order valence-corrected chi connectivity index (χ0v) is 14.6. The average molecular weight is 364 g/mol. The van der Waals surface area contributed by atoms with Crippen LogP contribution in [0.3, 0.4) is 0 Å². The van der Waals surface area contributed by atoms with Crippen LogP contribution in [0.5, 0.6) is 0 Å². The highest BCUT2D eigenvalue weighted by molar-refractivity contribution is 6.30. The number of amides is 1. The Balaban J connectivity index is 1.71. The Bertz CT molecular complexity index is 700. The largest absolute Gasteiger partial charge is 0.370 e. The quantitative estimate of drug-likeness (QED) is 0.851. The van der Waals surface area contributed by atoms with Crippen LogP contribution in [-0.2, 0) is 4.74 Å². The molecule has 2 aromatic carbocycles. The third-order valence-corrected chi connectivity index (χ3v) is 4.73. The first-order chi connectivity index (χ1) is 12.1. The minimum Gasteiger partial charge on any atom is -0.370 e. The van der Waals surface area contributed by atoms with E-state index in [2.05, 4.69) is 5.32 Å². The number of carbonyl (C=O) groups is 1. The van der Waals surface area contributed by atoms with E-state index in [-0.39, 0.29) is 17.8 Å². The molecule has 1 amide bonds. The molecule has 1 aliphatic rings. The number of rotatable bonds is 5. The predicted octanol–water partition coefficient (Wildman–Crippen LogP) is 1.87. The monoisotopic (exact) mass is 363 g/mol. The van der Waals surface area contributed by atoms with Gasteiger partial charge in [-0.3, -0.25) is 4.79 Å². The summed E-state index contributed by atoms with van der Waals surface area (Å²) in [6.45, 7) is 3.58. The van der Waals surface area contributed by atoms with Crippen LogP contribution in [0.15, 0.2) is 48.5 Å². The van der Waals surface area contributed by atoms with Gasteiger partial charge in [-0.2, -0.15) is 0 Å². The van der Waals surface area contributed by atoms with E-state index in [0.29, 0.717) is 30.3 Å². The smallest absolute Gasteiger partial charge is 0.251 e. The Morgan fingerprint density at radius 1 is 1.12 bits per heavy atom. The summed E-state index contributed by atoms with van der Waals surface area (Å²) in [7, 11) is 0. The van der Waals surface area contributed by atoms with Gasteiger partial charge in [0.15, 0.2) is 0 Å². The van der Waals surface area contributed by atoms with Gasteiger partial charge < -0.3 is 15.0 Å². The number of benzene rings is 2. The number of hydrogen-bond donors (Lipinski definition) is 2. The molecule has 2 aromatic rings. The van der Waals surface area contributed by atoms with Crippen LogP contribution >= 0.6 is 11.6 Å². The standard InChI is InChI=1S/C19H20ClFN2O2/c20-16-5-1-15(2-6-16)19(24)22-13-18(23-9-11-25-12-10-23)14-3-7-17(21)8-4-14/h1-8,18H,9-13H2,(H,22,24)/p+1/t18-/m1/s1. The van der Waals surface area contributed by atoms with Gasteiger partial charge in [0, 0.05) is 16.1 Å². The first-order valence-corrected chi connectivity index (χ1v) is 8.73. The molecular formula is C19H21ClFN2O2+. The van der Waals surface area contributed by atoms with Crippen molar-refractivity contribution in [1.82, 2.24) is 5.32 Å². The Morgan fingerprint density at radius 2 is 1.76 bits per heavy atom. The number of halogens is 2. The lowest BCUT2D eigenvalue weighted by molar-refractivity contribution is -0.937. The van der Waals surface area contributed by atoms with Crippen LogP contribution < -0.4 is 10.2 Å². The number of quaternary nitrogens is 1. The van der Waals surface area contributed by atoms with Gasteiger partial charge in [0.25, 0.3) is 5.91 Å². The highest BCUT2D eigenvalue weighted by Crippen LogP contribution is 2.12. The highest BCUT2D eigenvalue weighted by atomic mass is 35.5. The highest BCUT2D eigenvalue weighted by Gasteiger charge is 2.27. The lowest BCUT2D eigenvalue weighted by Crippen LogP contribution is -3.15. The molecule has 6 heteroatoms. The summed E-state index contributed by atoms with van der Waals surface area (Å²) in [6, 6.07) is 13.3. The van der Waals surface area contributed by atoms with Gasteiger partial charge in [-0.25, -0.2) is 4.39 Å². The molecular weight excluding hydrogens is 343 g/mol. The van der Waals surface area contributed by atoms with Crippen LogP contribution in [0.25, 0.3) is 0 Å². The van der Waals surface area contributed by atoms with E-state index in [9.17, 15) is 9.18 Å². The van der Waals surface area contributed by atoms with Crippen LogP contribution in [-0.4, -0.2) is 38.8 Å². The molecule has 0 unspecified atom stereocenters. The third-order valence-electron chi connectivity index (χ3n) is 4.47. The van der Waals surface area contributed by atoms with Crippen molar-refractivity contribution in [3.05, 3.63) is 70.5 Å². The molecule has 1 heterocycles. The van der Waals surface area contributed by atoms with E-state index >= 15 is 0 Å². The summed E-state index contributed by atoms with van der Waals surface area (Å²) >= 11 is 5.86. The van der Waals surface area contributed by atoms with E-state index in [1.165, 1.54) is 17.0 Å². The van der Waals surface area contributed by atoms with Crippen molar-refractivity contribution in [2.75, 3.05) is 32.8 Å². The summed E-state index contributed by atoms with van der Waals surface area (Å²) in [5.41, 5.74) is 1.58. The lowest BCUT2D eigenvalue weighted by Gasteiger charge is -2.32. The van der Waals surface area contributed by atoms with Gasteiger partial charge in [-0.15, -0.1) is 0 Å². The molecule has 0 aliphatic carbocycles. The molecule has 25 heavy (non-hydrogen) atoms. The second-order valence-corrected chi connectivity index (χ2v) is 6.53. The van der Waals surface area contributed by atoms with Crippen molar-refractivity contribution in [2.24, 2.45) is 0 Å². The summed E-state index contributed by atoms with van der Waals surface area (Å²) in [5, 5.41) is 3.59. The molecule has 4 nitrogen and oxygen atoms in total. The molecule has 1 saturated heterocycles. The molecule has 0 bridgehead atoms. The molecule has 1 atom stereocenters. The molecule has 1 fully saturated rings. The minimum atomic E-state index is -0.260. The van der Waals surface area contributed by atoms with E-state index in [0.717, 1.165) is 18.7 Å². The molecule has 0 aromatic heterocycles. The summed E-state index contributed by atoms with van der Waals surface area (Å²) < 4.78 is 18.7. The first kappa shape index (κ1) is 17.9. The summed E-state index contributed by atoms with van der Waals surface area (Å²) in [6.07, 6.45) is 0. The van der Waals surface area contributed by atoms with E-state index in [1.54, 1.807) is 36.4 Å². The van der Waals surface area contributed by atoms with Crippen LogP contribution in [0.2, 0.25) is 5.02 Å². The van der Waals surface area contributed by atoms with E-state index < -0.39 is 0 Å². The van der Waals surface area contributed by atoms with Crippen LogP contribution in [0.1, 0.15) is 22.0 Å². The second kappa shape index (κ2) is 8.43. The fraction of sp³-hybridized carbons (Fsp3) is 0.316. The van der Waals surface area contributed by atoms with Crippen molar-refractivity contribution in [3.63, 3.8) is 0 Å². The third kappa shape index (κ3) is 4.78. The Labute approximate surface area is 151 Å². The number of ether oxygens (including phenoxy) is 1. The zero-order chi connectivity index (χ0) is 17.6. The summed E-state index contributed by atoms with van der Waals surface area (Å²) in [5.74, 6) is -0.402. The maximum absolute atomic E-state index is 13.3.